The number of halogens is 3. The highest BCUT2D eigenvalue weighted by Crippen LogP contribution is 2.41. The number of piperidine rings is 1. The molecule has 222 valence electrons. The van der Waals surface area contributed by atoms with E-state index in [2.05, 4.69) is 21.4 Å². The van der Waals surface area contributed by atoms with Gasteiger partial charge in [-0.1, -0.05) is 40.9 Å². The van der Waals surface area contributed by atoms with Crippen molar-refractivity contribution < 1.29 is 19.0 Å². The van der Waals surface area contributed by atoms with Gasteiger partial charge in [-0.2, -0.15) is 5.26 Å². The van der Waals surface area contributed by atoms with Gasteiger partial charge in [-0.15, -0.1) is 0 Å². The molecule has 43 heavy (non-hydrogen) atoms. The summed E-state index contributed by atoms with van der Waals surface area (Å²) >= 11 is 19.1. The number of benzene rings is 2. The predicted octanol–water partition coefficient (Wildman–Crippen LogP) is 7.43. The number of carbonyl (C=O) groups excluding carboxylic acids is 1. The Balaban J connectivity index is 1.37. The monoisotopic (exact) mass is 639 g/mol. The summed E-state index contributed by atoms with van der Waals surface area (Å²) in [6.07, 6.45) is 3.24. The van der Waals surface area contributed by atoms with Crippen molar-refractivity contribution in [2.24, 2.45) is 5.92 Å². The van der Waals surface area contributed by atoms with Crippen LogP contribution in [0, 0.1) is 17.2 Å². The van der Waals surface area contributed by atoms with E-state index in [-0.39, 0.29) is 12.5 Å². The zero-order chi connectivity index (χ0) is 30.5. The Labute approximate surface area is 264 Å². The van der Waals surface area contributed by atoms with Gasteiger partial charge in [-0.05, 0) is 43.0 Å². The summed E-state index contributed by atoms with van der Waals surface area (Å²) < 4.78 is 17.7. The molecule has 5 rings (SSSR count). The van der Waals surface area contributed by atoms with Gasteiger partial charge in [0.15, 0.2) is 11.5 Å². The van der Waals surface area contributed by atoms with Crippen molar-refractivity contribution in [1.82, 2.24) is 14.9 Å². The fourth-order valence-corrected chi connectivity index (χ4v) is 5.47. The Morgan fingerprint density at radius 1 is 1.07 bits per heavy atom. The van der Waals surface area contributed by atoms with E-state index in [4.69, 9.17) is 49.0 Å². The van der Waals surface area contributed by atoms with E-state index < -0.39 is 0 Å². The van der Waals surface area contributed by atoms with Gasteiger partial charge in [0.1, 0.15) is 23.6 Å². The topological polar surface area (TPSA) is 110 Å². The van der Waals surface area contributed by atoms with E-state index in [1.807, 2.05) is 4.90 Å². The number of rotatable bonds is 9. The lowest BCUT2D eigenvalue weighted by atomic mass is 9.98. The highest BCUT2D eigenvalue weighted by atomic mass is 35.5. The largest absolute Gasteiger partial charge is 0.493 e. The van der Waals surface area contributed by atoms with Crippen molar-refractivity contribution >= 4 is 63.0 Å². The van der Waals surface area contributed by atoms with Crippen LogP contribution in [0.4, 0.5) is 11.4 Å². The van der Waals surface area contributed by atoms with E-state index in [1.165, 1.54) is 6.20 Å². The third kappa shape index (κ3) is 7.16. The summed E-state index contributed by atoms with van der Waals surface area (Å²) in [5.41, 5.74) is 2.50. The molecule has 1 fully saturated rings. The summed E-state index contributed by atoms with van der Waals surface area (Å²) in [6, 6.07) is 14.2. The minimum Gasteiger partial charge on any atom is -0.493 e. The van der Waals surface area contributed by atoms with E-state index in [0.717, 1.165) is 25.9 Å². The number of nitrogens with zero attached hydrogens (tertiary/aromatic N) is 4. The zero-order valence-electron chi connectivity index (χ0n) is 23.5. The third-order valence-corrected chi connectivity index (χ3v) is 8.06. The molecular formula is C31H28Cl3N5O4. The molecule has 0 bridgehead atoms. The quantitative estimate of drug-likeness (QED) is 0.188. The van der Waals surface area contributed by atoms with E-state index >= 15 is 0 Å². The maximum atomic E-state index is 11.6. The first-order chi connectivity index (χ1) is 20.7. The van der Waals surface area contributed by atoms with Crippen LogP contribution in [0.25, 0.3) is 10.9 Å². The number of anilines is 2. The number of carbonyl (C=O) groups is 1. The van der Waals surface area contributed by atoms with Crippen molar-refractivity contribution in [3.05, 3.63) is 75.1 Å². The van der Waals surface area contributed by atoms with Crippen molar-refractivity contribution in [3.63, 3.8) is 0 Å². The zero-order valence-corrected chi connectivity index (χ0v) is 25.8. The summed E-state index contributed by atoms with van der Waals surface area (Å²) in [5, 5.41) is 14.8. The fourth-order valence-electron chi connectivity index (χ4n) is 4.87. The van der Waals surface area contributed by atoms with Crippen molar-refractivity contribution in [2.75, 3.05) is 32.1 Å². The second-order valence-electron chi connectivity index (χ2n) is 10.1. The molecule has 1 saturated heterocycles. The first kappa shape index (κ1) is 30.5. The average Bonchev–Trinajstić information content (AvgIpc) is 3.00. The third-order valence-electron chi connectivity index (χ3n) is 7.24. The smallest absolute Gasteiger partial charge is 0.219 e. The number of aromatic nitrogens is 2. The van der Waals surface area contributed by atoms with Gasteiger partial charge >= 0.3 is 0 Å². The van der Waals surface area contributed by atoms with E-state index in [9.17, 15) is 10.1 Å². The SMILES string of the molecule is COc1cc2c(Nc3cc(Cl)c(OCc4cccc(Cl)n4)cc3Cl)c(C#N)cnc2cc1OCC1CCN(C(C)=O)CC1. The normalized spacial score (nSPS) is 13.4. The summed E-state index contributed by atoms with van der Waals surface area (Å²) in [6.45, 7) is 3.69. The minimum atomic E-state index is 0.0991. The van der Waals surface area contributed by atoms with Gasteiger partial charge < -0.3 is 24.4 Å². The number of hydrogen-bond donors (Lipinski definition) is 1. The van der Waals surface area contributed by atoms with Gasteiger partial charge in [-0.25, -0.2) is 4.98 Å². The van der Waals surface area contributed by atoms with Crippen molar-refractivity contribution in [1.29, 1.82) is 5.26 Å². The number of ether oxygens (including phenoxy) is 3. The van der Waals surface area contributed by atoms with Crippen LogP contribution in [0.15, 0.2) is 48.7 Å². The van der Waals surface area contributed by atoms with Gasteiger partial charge in [0.2, 0.25) is 5.91 Å². The number of likely N-dealkylation sites (tertiary alicyclic amines) is 1. The van der Waals surface area contributed by atoms with E-state index in [0.29, 0.717) is 78.5 Å². The minimum absolute atomic E-state index is 0.0991. The van der Waals surface area contributed by atoms with E-state index in [1.54, 1.807) is 56.5 Å². The Morgan fingerprint density at radius 2 is 1.86 bits per heavy atom. The second kappa shape index (κ2) is 13.6. The van der Waals surface area contributed by atoms with Crippen LogP contribution in [0.3, 0.4) is 0 Å². The highest BCUT2D eigenvalue weighted by Gasteiger charge is 2.22. The number of hydrogen-bond acceptors (Lipinski definition) is 8. The predicted molar refractivity (Wildman–Crippen MR) is 167 cm³/mol. The lowest BCUT2D eigenvalue weighted by Crippen LogP contribution is -2.38. The van der Waals surface area contributed by atoms with Crippen LogP contribution in [0.5, 0.6) is 17.2 Å². The molecular weight excluding hydrogens is 613 g/mol. The Bertz CT molecular complexity index is 1700. The van der Waals surface area contributed by atoms with Gasteiger partial charge in [0.25, 0.3) is 0 Å². The molecule has 9 nitrogen and oxygen atoms in total. The maximum Gasteiger partial charge on any atom is 0.219 e. The number of nitrogens with one attached hydrogen (secondary N) is 1. The molecule has 3 heterocycles. The van der Waals surface area contributed by atoms with Crippen LogP contribution in [-0.4, -0.2) is 47.6 Å². The first-order valence-corrected chi connectivity index (χ1v) is 14.7. The number of pyridine rings is 2. The van der Waals surface area contributed by atoms with Gasteiger partial charge in [0, 0.05) is 43.7 Å². The number of nitriles is 1. The Kier molecular flexibility index (Phi) is 9.61. The summed E-state index contributed by atoms with van der Waals surface area (Å²) in [7, 11) is 1.56. The summed E-state index contributed by atoms with van der Waals surface area (Å²) in [4.78, 5) is 22.2. The van der Waals surface area contributed by atoms with Crippen LogP contribution in [0.1, 0.15) is 31.0 Å². The lowest BCUT2D eigenvalue weighted by molar-refractivity contribution is -0.130. The number of fused-ring (bicyclic) bond motifs is 1. The van der Waals surface area contributed by atoms with Crippen molar-refractivity contribution in [2.45, 2.75) is 26.4 Å². The molecule has 0 spiro atoms. The molecule has 2 aromatic heterocycles. The number of amides is 1. The van der Waals surface area contributed by atoms with Crippen LogP contribution >= 0.6 is 34.8 Å². The van der Waals surface area contributed by atoms with Crippen LogP contribution in [0.2, 0.25) is 15.2 Å². The molecule has 1 N–H and O–H groups in total. The van der Waals surface area contributed by atoms with Crippen LogP contribution in [-0.2, 0) is 11.4 Å². The first-order valence-electron chi connectivity index (χ1n) is 13.5. The molecule has 0 unspecified atom stereocenters. The second-order valence-corrected chi connectivity index (χ2v) is 11.3. The molecule has 0 aliphatic carbocycles. The fraction of sp³-hybridized carbons (Fsp3) is 0.290. The molecule has 1 aliphatic heterocycles. The Hall–Kier alpha value is -3.97. The van der Waals surface area contributed by atoms with Crippen LogP contribution < -0.4 is 19.5 Å². The number of methoxy groups -OCH3 is 1. The molecule has 0 radical (unpaired) electrons. The maximum absolute atomic E-state index is 11.6. The van der Waals surface area contributed by atoms with Gasteiger partial charge in [0.05, 0.1) is 51.9 Å². The standard InChI is InChI=1S/C31H28Cl3N5O4/c1-18(40)39-8-6-19(7-9-39)16-42-29-13-25-22(10-28(29)41-2)31(20(14-35)15-36-25)38-26-11-24(33)27(12-23(26)32)43-17-21-4-3-5-30(34)37-21/h3-5,10-13,15,19H,6-9,16-17H2,1-2H3,(H,36,38). The van der Waals surface area contributed by atoms with Crippen molar-refractivity contribution in [3.8, 4) is 23.3 Å². The lowest BCUT2D eigenvalue weighted by Gasteiger charge is -2.31. The Morgan fingerprint density at radius 3 is 2.56 bits per heavy atom. The molecule has 12 heteroatoms. The molecule has 0 saturated carbocycles. The van der Waals surface area contributed by atoms with Gasteiger partial charge in [-0.3, -0.25) is 9.78 Å². The molecule has 2 aromatic carbocycles. The average molecular weight is 641 g/mol. The summed E-state index contributed by atoms with van der Waals surface area (Å²) in [5.74, 6) is 1.83. The highest BCUT2D eigenvalue weighted by molar-refractivity contribution is 6.36. The molecule has 0 atom stereocenters. The molecule has 1 amide bonds. The molecule has 4 aromatic rings. The molecule has 1 aliphatic rings.